The van der Waals surface area contributed by atoms with Crippen LogP contribution in [0.15, 0.2) is 24.3 Å². The van der Waals surface area contributed by atoms with Gasteiger partial charge < -0.3 is 15.5 Å². The molecule has 3 rings (SSSR count). The van der Waals surface area contributed by atoms with Gasteiger partial charge >= 0.3 is 0 Å². The summed E-state index contributed by atoms with van der Waals surface area (Å²) in [6.45, 7) is 2.46. The molecule has 6 nitrogen and oxygen atoms in total. The number of amides is 3. The number of carbonyl (C=O) groups excluding carboxylic acids is 3. The standard InChI is InChI=1S/C18H22FN3O3/c1-12(23)21-8-9-22(11-13(10-21)16(20)24)17(25)18(6-7-18)14-4-2-3-5-15(14)19/h2-5,13H,6-11H2,1H3,(H2,20,24). The Bertz CT molecular complexity index is 717. The molecule has 1 aliphatic heterocycles. The van der Waals surface area contributed by atoms with Gasteiger partial charge in [-0.3, -0.25) is 14.4 Å². The summed E-state index contributed by atoms with van der Waals surface area (Å²) in [6, 6.07) is 6.32. The molecule has 134 valence electrons. The highest BCUT2D eigenvalue weighted by atomic mass is 19.1. The lowest BCUT2D eigenvalue weighted by Crippen LogP contribution is -2.44. The number of rotatable bonds is 3. The monoisotopic (exact) mass is 347 g/mol. The Kier molecular flexibility index (Phi) is 4.49. The number of nitrogens with zero attached hydrogens (tertiary/aromatic N) is 2. The van der Waals surface area contributed by atoms with E-state index in [0.29, 0.717) is 31.5 Å². The molecule has 1 heterocycles. The summed E-state index contributed by atoms with van der Waals surface area (Å²) in [5, 5.41) is 0. The second kappa shape index (κ2) is 6.46. The number of benzene rings is 1. The molecule has 25 heavy (non-hydrogen) atoms. The Balaban J connectivity index is 1.85. The Morgan fingerprint density at radius 1 is 1.12 bits per heavy atom. The fourth-order valence-electron chi connectivity index (χ4n) is 3.54. The van der Waals surface area contributed by atoms with E-state index in [-0.39, 0.29) is 30.7 Å². The van der Waals surface area contributed by atoms with Gasteiger partial charge in [0.15, 0.2) is 0 Å². The van der Waals surface area contributed by atoms with Crippen LogP contribution in [0.3, 0.4) is 0 Å². The molecule has 1 saturated heterocycles. The fourth-order valence-corrected chi connectivity index (χ4v) is 3.54. The Labute approximate surface area is 145 Å². The topological polar surface area (TPSA) is 83.7 Å². The van der Waals surface area contributed by atoms with Crippen LogP contribution in [0.5, 0.6) is 0 Å². The molecule has 0 bridgehead atoms. The lowest BCUT2D eigenvalue weighted by molar-refractivity contribution is -0.135. The summed E-state index contributed by atoms with van der Waals surface area (Å²) in [7, 11) is 0. The van der Waals surface area contributed by atoms with Gasteiger partial charge in [-0.15, -0.1) is 0 Å². The van der Waals surface area contributed by atoms with E-state index in [9.17, 15) is 18.8 Å². The maximum absolute atomic E-state index is 14.2. The second-order valence-electron chi connectivity index (χ2n) is 6.88. The molecule has 2 N–H and O–H groups in total. The minimum absolute atomic E-state index is 0.157. The zero-order valence-electron chi connectivity index (χ0n) is 14.2. The van der Waals surface area contributed by atoms with Crippen molar-refractivity contribution in [1.82, 2.24) is 9.80 Å². The molecule has 3 amide bonds. The van der Waals surface area contributed by atoms with Crippen LogP contribution in [0.2, 0.25) is 0 Å². The molecule has 7 heteroatoms. The highest BCUT2D eigenvalue weighted by Gasteiger charge is 2.54. The first-order valence-corrected chi connectivity index (χ1v) is 8.44. The van der Waals surface area contributed by atoms with Crippen molar-refractivity contribution in [3.63, 3.8) is 0 Å². The molecule has 1 unspecified atom stereocenters. The number of nitrogens with two attached hydrogens (primary N) is 1. The predicted molar refractivity (Wildman–Crippen MR) is 88.8 cm³/mol. The first-order valence-electron chi connectivity index (χ1n) is 8.44. The molecule has 1 atom stereocenters. The van der Waals surface area contributed by atoms with Gasteiger partial charge in [0.05, 0.1) is 11.3 Å². The van der Waals surface area contributed by atoms with Gasteiger partial charge in [-0.1, -0.05) is 18.2 Å². The number of primary amides is 1. The summed E-state index contributed by atoms with van der Waals surface area (Å²) < 4.78 is 14.2. The van der Waals surface area contributed by atoms with Crippen molar-refractivity contribution in [1.29, 1.82) is 0 Å². The molecule has 0 spiro atoms. The van der Waals surface area contributed by atoms with Crippen LogP contribution in [0, 0.1) is 11.7 Å². The van der Waals surface area contributed by atoms with E-state index in [1.165, 1.54) is 17.9 Å². The van der Waals surface area contributed by atoms with Crippen LogP contribution < -0.4 is 5.73 Å². The van der Waals surface area contributed by atoms with Crippen LogP contribution in [-0.4, -0.2) is 53.7 Å². The highest BCUT2D eigenvalue weighted by molar-refractivity contribution is 5.92. The normalized spacial score (nSPS) is 22.2. The van der Waals surface area contributed by atoms with Crippen LogP contribution in [0.25, 0.3) is 0 Å². The van der Waals surface area contributed by atoms with Crippen molar-refractivity contribution in [2.45, 2.75) is 25.2 Å². The van der Waals surface area contributed by atoms with Gasteiger partial charge in [-0.05, 0) is 18.9 Å². The van der Waals surface area contributed by atoms with Crippen LogP contribution in [-0.2, 0) is 19.8 Å². The number of carbonyl (C=O) groups is 3. The van der Waals surface area contributed by atoms with Crippen molar-refractivity contribution in [2.75, 3.05) is 26.2 Å². The molecule has 0 radical (unpaired) electrons. The highest BCUT2D eigenvalue weighted by Crippen LogP contribution is 2.50. The SMILES string of the molecule is CC(=O)N1CCN(C(=O)C2(c3ccccc3F)CC2)CC(C(N)=O)C1. The van der Waals surface area contributed by atoms with Gasteiger partial charge in [0, 0.05) is 38.7 Å². The molecule has 1 saturated carbocycles. The molecule has 2 aliphatic rings. The van der Waals surface area contributed by atoms with E-state index in [0.717, 1.165) is 0 Å². The first-order chi connectivity index (χ1) is 11.8. The lowest BCUT2D eigenvalue weighted by atomic mass is 9.93. The van der Waals surface area contributed by atoms with E-state index in [4.69, 9.17) is 5.73 Å². The molecule has 2 fully saturated rings. The number of halogens is 1. The summed E-state index contributed by atoms with van der Waals surface area (Å²) in [4.78, 5) is 39.6. The third-order valence-corrected chi connectivity index (χ3v) is 5.21. The Morgan fingerprint density at radius 2 is 1.72 bits per heavy atom. The third-order valence-electron chi connectivity index (χ3n) is 5.21. The molecule has 1 aliphatic carbocycles. The third kappa shape index (κ3) is 3.23. The van der Waals surface area contributed by atoms with E-state index >= 15 is 0 Å². The minimum Gasteiger partial charge on any atom is -0.369 e. The van der Waals surface area contributed by atoms with Gasteiger partial charge in [-0.2, -0.15) is 0 Å². The zero-order valence-corrected chi connectivity index (χ0v) is 14.2. The molecule has 1 aromatic rings. The van der Waals surface area contributed by atoms with Gasteiger partial charge in [-0.25, -0.2) is 4.39 Å². The summed E-state index contributed by atoms with van der Waals surface area (Å²) in [5.41, 5.74) is 5.00. The quantitative estimate of drug-likeness (QED) is 0.871. The average molecular weight is 347 g/mol. The van der Waals surface area contributed by atoms with Gasteiger partial charge in [0.1, 0.15) is 5.82 Å². The van der Waals surface area contributed by atoms with Gasteiger partial charge in [0.2, 0.25) is 17.7 Å². The van der Waals surface area contributed by atoms with E-state index < -0.39 is 17.2 Å². The maximum atomic E-state index is 14.2. The largest absolute Gasteiger partial charge is 0.369 e. The second-order valence-corrected chi connectivity index (χ2v) is 6.88. The lowest BCUT2D eigenvalue weighted by Gasteiger charge is -2.27. The van der Waals surface area contributed by atoms with Crippen molar-refractivity contribution in [3.05, 3.63) is 35.6 Å². The Hall–Kier alpha value is -2.44. The molecule has 1 aromatic carbocycles. The van der Waals surface area contributed by atoms with Gasteiger partial charge in [0.25, 0.3) is 0 Å². The number of hydrogen-bond acceptors (Lipinski definition) is 3. The number of hydrogen-bond donors (Lipinski definition) is 1. The van der Waals surface area contributed by atoms with Crippen LogP contribution >= 0.6 is 0 Å². The molecular formula is C18H22FN3O3. The van der Waals surface area contributed by atoms with Crippen molar-refractivity contribution >= 4 is 17.7 Å². The average Bonchev–Trinajstić information content (AvgIpc) is 3.38. The van der Waals surface area contributed by atoms with E-state index in [2.05, 4.69) is 0 Å². The smallest absolute Gasteiger partial charge is 0.233 e. The van der Waals surface area contributed by atoms with Crippen LogP contribution in [0.4, 0.5) is 4.39 Å². The summed E-state index contributed by atoms with van der Waals surface area (Å²) >= 11 is 0. The molecule has 0 aromatic heterocycles. The summed E-state index contributed by atoms with van der Waals surface area (Å²) in [5.74, 6) is -1.89. The summed E-state index contributed by atoms with van der Waals surface area (Å²) in [6.07, 6.45) is 1.17. The van der Waals surface area contributed by atoms with Crippen molar-refractivity contribution in [3.8, 4) is 0 Å². The Morgan fingerprint density at radius 3 is 2.28 bits per heavy atom. The van der Waals surface area contributed by atoms with E-state index in [1.54, 1.807) is 23.1 Å². The van der Waals surface area contributed by atoms with E-state index in [1.807, 2.05) is 0 Å². The maximum Gasteiger partial charge on any atom is 0.233 e. The van der Waals surface area contributed by atoms with Crippen molar-refractivity contribution in [2.24, 2.45) is 11.7 Å². The predicted octanol–water partition coefficient (Wildman–Crippen LogP) is 0.650. The fraction of sp³-hybridized carbons (Fsp3) is 0.500. The minimum atomic E-state index is -0.848. The van der Waals surface area contributed by atoms with Crippen LogP contribution in [0.1, 0.15) is 25.3 Å². The van der Waals surface area contributed by atoms with Crippen molar-refractivity contribution < 1.29 is 18.8 Å². The zero-order chi connectivity index (χ0) is 18.2. The molecular weight excluding hydrogens is 325 g/mol. The first kappa shape index (κ1) is 17.4.